The number of amides is 1. The second-order valence-corrected chi connectivity index (χ2v) is 7.77. The van der Waals surface area contributed by atoms with E-state index in [0.717, 1.165) is 28.5 Å². The van der Waals surface area contributed by atoms with Gasteiger partial charge in [-0.2, -0.15) is 5.10 Å². The van der Waals surface area contributed by atoms with E-state index in [0.29, 0.717) is 25.1 Å². The molecule has 152 valence electrons. The molecule has 7 heteroatoms. The highest BCUT2D eigenvalue weighted by Gasteiger charge is 2.36. The molecule has 2 atom stereocenters. The van der Waals surface area contributed by atoms with Crippen molar-refractivity contribution in [1.82, 2.24) is 19.8 Å². The van der Waals surface area contributed by atoms with Crippen LogP contribution in [0.4, 0.5) is 0 Å². The van der Waals surface area contributed by atoms with Crippen LogP contribution in [0.2, 0.25) is 0 Å². The van der Waals surface area contributed by atoms with Crippen LogP contribution in [0.25, 0.3) is 5.69 Å². The maximum absolute atomic E-state index is 13.2. The van der Waals surface area contributed by atoms with Crippen LogP contribution < -0.4 is 0 Å². The Morgan fingerprint density at radius 1 is 1.17 bits per heavy atom. The molecule has 2 aromatic heterocycles. The van der Waals surface area contributed by atoms with Gasteiger partial charge in [-0.15, -0.1) is 0 Å². The van der Waals surface area contributed by atoms with Gasteiger partial charge in [-0.25, -0.2) is 4.68 Å². The van der Waals surface area contributed by atoms with Crippen molar-refractivity contribution in [2.45, 2.75) is 33.3 Å². The van der Waals surface area contributed by atoms with Crippen LogP contribution in [0, 0.1) is 26.7 Å². The van der Waals surface area contributed by atoms with Gasteiger partial charge in [0.2, 0.25) is 0 Å². The molecule has 0 N–H and O–H groups in total. The quantitative estimate of drug-likeness (QED) is 0.665. The predicted molar refractivity (Wildman–Crippen MR) is 108 cm³/mol. The lowest BCUT2D eigenvalue weighted by Crippen LogP contribution is -2.30. The molecule has 3 aromatic rings. The number of ether oxygens (including phenoxy) is 1. The molecule has 0 spiro atoms. The van der Waals surface area contributed by atoms with Gasteiger partial charge in [0, 0.05) is 49.9 Å². The lowest BCUT2D eigenvalue weighted by molar-refractivity contribution is 0.0672. The molecule has 1 saturated heterocycles. The Labute approximate surface area is 170 Å². The summed E-state index contributed by atoms with van der Waals surface area (Å²) in [6.45, 7) is 7.07. The third kappa shape index (κ3) is 3.96. The molecule has 3 heterocycles. The van der Waals surface area contributed by atoms with Crippen LogP contribution in [0.15, 0.2) is 40.9 Å². The smallest absolute Gasteiger partial charge is 0.254 e. The number of hydrogen-bond acceptors (Lipinski definition) is 5. The number of rotatable bonds is 5. The highest BCUT2D eigenvalue weighted by Crippen LogP contribution is 2.26. The van der Waals surface area contributed by atoms with Crippen molar-refractivity contribution >= 4 is 5.91 Å². The summed E-state index contributed by atoms with van der Waals surface area (Å²) in [5.41, 5.74) is 4.39. The minimum Gasteiger partial charge on any atom is -0.379 e. The van der Waals surface area contributed by atoms with Crippen molar-refractivity contribution < 1.29 is 14.1 Å². The summed E-state index contributed by atoms with van der Waals surface area (Å²) in [6, 6.07) is 11.6. The van der Waals surface area contributed by atoms with Crippen LogP contribution in [0.3, 0.4) is 0 Å². The normalized spacial score (nSPS) is 19.1. The van der Waals surface area contributed by atoms with Crippen molar-refractivity contribution in [2.75, 3.05) is 20.2 Å². The summed E-state index contributed by atoms with van der Waals surface area (Å²) in [7, 11) is 1.70. The third-order valence-corrected chi connectivity index (χ3v) is 5.46. The van der Waals surface area contributed by atoms with Gasteiger partial charge >= 0.3 is 0 Å². The van der Waals surface area contributed by atoms with E-state index >= 15 is 0 Å². The van der Waals surface area contributed by atoms with Crippen molar-refractivity contribution in [3.63, 3.8) is 0 Å². The number of carbonyl (C=O) groups excluding carboxylic acids is 1. The van der Waals surface area contributed by atoms with Gasteiger partial charge in [-0.05, 0) is 45.0 Å². The zero-order chi connectivity index (χ0) is 20.5. The first-order valence-electron chi connectivity index (χ1n) is 9.82. The van der Waals surface area contributed by atoms with Gasteiger partial charge in [0.25, 0.3) is 5.91 Å². The Morgan fingerprint density at radius 2 is 2.00 bits per heavy atom. The van der Waals surface area contributed by atoms with Gasteiger partial charge < -0.3 is 14.2 Å². The van der Waals surface area contributed by atoms with Crippen LogP contribution in [0.5, 0.6) is 0 Å². The summed E-state index contributed by atoms with van der Waals surface area (Å²) in [5.74, 6) is 1.01. The number of methoxy groups -OCH3 is 1. The van der Waals surface area contributed by atoms with Crippen LogP contribution in [-0.4, -0.2) is 52.0 Å². The van der Waals surface area contributed by atoms with Gasteiger partial charge in [0.1, 0.15) is 5.76 Å². The van der Waals surface area contributed by atoms with Gasteiger partial charge in [0.15, 0.2) is 0 Å². The molecule has 0 saturated carbocycles. The molecule has 0 aliphatic carbocycles. The van der Waals surface area contributed by atoms with Gasteiger partial charge in [0.05, 0.1) is 23.2 Å². The van der Waals surface area contributed by atoms with E-state index in [4.69, 9.17) is 9.26 Å². The van der Waals surface area contributed by atoms with Crippen molar-refractivity contribution in [3.8, 4) is 5.69 Å². The second kappa shape index (κ2) is 7.83. The summed E-state index contributed by atoms with van der Waals surface area (Å²) < 4.78 is 12.9. The molecule has 1 aromatic carbocycles. The molecule has 1 aliphatic rings. The molecule has 1 fully saturated rings. The number of hydrogen-bond donors (Lipinski definition) is 0. The number of carbonyl (C=O) groups is 1. The summed E-state index contributed by atoms with van der Waals surface area (Å²) in [5, 5.41) is 8.47. The predicted octanol–water partition coefficient (Wildman–Crippen LogP) is 3.12. The fourth-order valence-electron chi connectivity index (χ4n) is 4.08. The molecule has 1 aliphatic heterocycles. The lowest BCUT2D eigenvalue weighted by Gasteiger charge is -2.17. The summed E-state index contributed by atoms with van der Waals surface area (Å²) in [4.78, 5) is 15.1. The monoisotopic (exact) mass is 394 g/mol. The molecule has 1 amide bonds. The summed E-state index contributed by atoms with van der Waals surface area (Å²) in [6.07, 6.45) is 0.679. The third-order valence-electron chi connectivity index (χ3n) is 5.46. The highest BCUT2D eigenvalue weighted by molar-refractivity contribution is 5.95. The van der Waals surface area contributed by atoms with E-state index in [1.54, 1.807) is 7.11 Å². The van der Waals surface area contributed by atoms with E-state index in [-0.39, 0.29) is 17.9 Å². The Kier molecular flexibility index (Phi) is 5.24. The minimum atomic E-state index is -0.0245. The molecule has 0 unspecified atom stereocenters. The van der Waals surface area contributed by atoms with Gasteiger partial charge in [-0.3, -0.25) is 4.79 Å². The fourth-order valence-corrected chi connectivity index (χ4v) is 4.08. The fraction of sp³-hybridized carbons (Fsp3) is 0.409. The topological polar surface area (TPSA) is 73.4 Å². The number of benzene rings is 1. The van der Waals surface area contributed by atoms with Crippen LogP contribution in [-0.2, 0) is 11.2 Å². The van der Waals surface area contributed by atoms with Crippen LogP contribution in [0.1, 0.15) is 33.2 Å². The van der Waals surface area contributed by atoms with E-state index in [1.165, 1.54) is 0 Å². The second-order valence-electron chi connectivity index (χ2n) is 7.77. The zero-order valence-corrected chi connectivity index (χ0v) is 17.3. The number of aromatic nitrogens is 3. The first-order valence-corrected chi connectivity index (χ1v) is 9.82. The Balaban J connectivity index is 1.52. The Hall–Kier alpha value is -2.93. The van der Waals surface area contributed by atoms with E-state index in [2.05, 4.69) is 10.3 Å². The van der Waals surface area contributed by atoms with E-state index in [9.17, 15) is 4.79 Å². The largest absolute Gasteiger partial charge is 0.379 e. The molecule has 4 rings (SSSR count). The van der Waals surface area contributed by atoms with E-state index < -0.39 is 0 Å². The minimum absolute atomic E-state index is 0.00619. The van der Waals surface area contributed by atoms with Crippen molar-refractivity contribution in [3.05, 3.63) is 64.8 Å². The average Bonchev–Trinajstić information content (AvgIpc) is 3.40. The molecule has 29 heavy (non-hydrogen) atoms. The molecule has 0 radical (unpaired) electrons. The Bertz CT molecular complexity index is 1020. The Morgan fingerprint density at radius 3 is 2.66 bits per heavy atom. The van der Waals surface area contributed by atoms with Crippen LogP contribution >= 0.6 is 0 Å². The van der Waals surface area contributed by atoms with Crippen molar-refractivity contribution in [2.24, 2.45) is 5.92 Å². The summed E-state index contributed by atoms with van der Waals surface area (Å²) >= 11 is 0. The highest BCUT2D eigenvalue weighted by atomic mass is 16.5. The number of aryl methyl sites for hydroxylation is 3. The van der Waals surface area contributed by atoms with E-state index in [1.807, 2.05) is 66.8 Å². The SMILES string of the molecule is CO[C@H]1CN(C(=O)c2cccc(-n3nc(C)cc3C)c2)C[C@H]1Cc1cc(C)no1. The maximum Gasteiger partial charge on any atom is 0.254 e. The van der Waals surface area contributed by atoms with Gasteiger partial charge in [-0.1, -0.05) is 11.2 Å². The molecule has 0 bridgehead atoms. The zero-order valence-electron chi connectivity index (χ0n) is 17.3. The first-order chi connectivity index (χ1) is 13.9. The molecule has 7 nitrogen and oxygen atoms in total. The first kappa shape index (κ1) is 19.4. The maximum atomic E-state index is 13.2. The number of likely N-dealkylation sites (tertiary alicyclic amines) is 1. The molecular formula is C22H26N4O3. The standard InChI is InChI=1S/C22H26N4O3/c1-14-8-16(3)26(23-14)19-7-5-6-17(10-19)22(27)25-12-18(21(13-25)28-4)11-20-9-15(2)24-29-20/h5-10,18,21H,11-13H2,1-4H3/t18-,21+/m1/s1. The average molecular weight is 394 g/mol. The molecular weight excluding hydrogens is 368 g/mol. The number of nitrogens with zero attached hydrogens (tertiary/aromatic N) is 4. The van der Waals surface area contributed by atoms with Crippen molar-refractivity contribution in [1.29, 1.82) is 0 Å². The lowest BCUT2D eigenvalue weighted by atomic mass is 10.0.